The quantitative estimate of drug-likeness (QED) is 0.232. The van der Waals surface area contributed by atoms with Gasteiger partial charge in [0.05, 0.1) is 10.9 Å². The van der Waals surface area contributed by atoms with Gasteiger partial charge in [0.15, 0.2) is 12.4 Å². The van der Waals surface area contributed by atoms with Gasteiger partial charge in [0.25, 0.3) is 0 Å². The lowest BCUT2D eigenvalue weighted by Gasteiger charge is -2.30. The van der Waals surface area contributed by atoms with Crippen molar-refractivity contribution in [3.05, 3.63) is 53.7 Å². The molecule has 0 unspecified atom stereocenters. The van der Waals surface area contributed by atoms with E-state index in [9.17, 15) is 22.0 Å². The van der Waals surface area contributed by atoms with Crippen LogP contribution in [0.25, 0.3) is 32.9 Å². The third-order valence-electron chi connectivity index (χ3n) is 7.94. The monoisotopic (exact) mass is 576 g/mol. The Labute approximate surface area is 231 Å². The number of fused-ring (bicyclic) bond motifs is 3. The summed E-state index contributed by atoms with van der Waals surface area (Å²) in [6.45, 7) is 1.07. The van der Waals surface area contributed by atoms with Crippen LogP contribution >= 0.6 is 0 Å². The van der Waals surface area contributed by atoms with Crippen LogP contribution in [0.2, 0.25) is 0 Å². The summed E-state index contributed by atoms with van der Waals surface area (Å²) in [5, 5.41) is 0.962. The second-order valence-corrected chi connectivity index (χ2v) is 10.5. The van der Waals surface area contributed by atoms with E-state index in [0.717, 1.165) is 12.6 Å². The number of halogens is 6. The van der Waals surface area contributed by atoms with Crippen LogP contribution in [0.5, 0.6) is 11.9 Å². The van der Waals surface area contributed by atoms with Crippen molar-refractivity contribution in [1.29, 1.82) is 0 Å². The van der Waals surface area contributed by atoms with Crippen molar-refractivity contribution in [3.63, 3.8) is 0 Å². The minimum atomic E-state index is -4.68. The highest BCUT2D eigenvalue weighted by molar-refractivity contribution is 6.00. The van der Waals surface area contributed by atoms with Crippen molar-refractivity contribution in [2.45, 2.75) is 50.5 Å². The summed E-state index contributed by atoms with van der Waals surface area (Å²) in [6.07, 6.45) is -2.46. The first-order valence-corrected chi connectivity index (χ1v) is 13.4. The molecule has 0 amide bonds. The molecular formula is C29H26F6N4O2. The third-order valence-corrected chi connectivity index (χ3v) is 7.94. The van der Waals surface area contributed by atoms with Gasteiger partial charge in [0, 0.05) is 24.7 Å². The molecule has 0 N–H and O–H groups in total. The Morgan fingerprint density at radius 3 is 2.71 bits per heavy atom. The van der Waals surface area contributed by atoms with E-state index in [2.05, 4.69) is 15.0 Å². The molecule has 2 saturated heterocycles. The van der Waals surface area contributed by atoms with Crippen LogP contribution in [0, 0.1) is 11.6 Å². The molecule has 2 aliphatic rings. The first-order valence-electron chi connectivity index (χ1n) is 13.4. The van der Waals surface area contributed by atoms with Gasteiger partial charge in [-0.15, -0.1) is 0 Å². The third kappa shape index (κ3) is 5.02. The molecule has 6 rings (SSSR count). The zero-order valence-electron chi connectivity index (χ0n) is 22.1. The highest BCUT2D eigenvalue weighted by Gasteiger charge is 2.49. The molecule has 2 aliphatic heterocycles. The molecule has 0 radical (unpaired) electrons. The Morgan fingerprint density at radius 2 is 1.93 bits per heavy atom. The Bertz CT molecular complexity index is 1630. The SMILES string of the molecule is CCc1c(F)ccc2cccc(-c3ncc4c(OCC(F)(F)F)nc(OC[C@@]56CCCN5C[C@H](F)C6)nc4c3F)c12. The molecule has 0 aliphatic carbocycles. The second-order valence-electron chi connectivity index (χ2n) is 10.5. The fourth-order valence-corrected chi connectivity index (χ4v) is 6.14. The Balaban J connectivity index is 1.46. The van der Waals surface area contributed by atoms with E-state index in [1.165, 1.54) is 6.07 Å². The van der Waals surface area contributed by atoms with Gasteiger partial charge in [-0.05, 0) is 48.2 Å². The van der Waals surface area contributed by atoms with E-state index >= 15 is 4.39 Å². The molecule has 2 aromatic carbocycles. The first-order chi connectivity index (χ1) is 19.6. The number of alkyl halides is 4. The molecule has 12 heteroatoms. The van der Waals surface area contributed by atoms with Gasteiger partial charge in [-0.2, -0.15) is 23.1 Å². The van der Waals surface area contributed by atoms with Crippen molar-refractivity contribution in [2.24, 2.45) is 0 Å². The van der Waals surface area contributed by atoms with Crippen LogP contribution in [0.3, 0.4) is 0 Å². The topological polar surface area (TPSA) is 60.4 Å². The smallest absolute Gasteiger partial charge is 0.422 e. The molecule has 0 spiro atoms. The summed E-state index contributed by atoms with van der Waals surface area (Å²) < 4.78 is 95.0. The van der Waals surface area contributed by atoms with Gasteiger partial charge in [-0.25, -0.2) is 13.2 Å². The van der Waals surface area contributed by atoms with Crippen molar-refractivity contribution in [2.75, 3.05) is 26.3 Å². The van der Waals surface area contributed by atoms with E-state index in [1.807, 2.05) is 4.90 Å². The molecule has 216 valence electrons. The van der Waals surface area contributed by atoms with Crippen LogP contribution in [0.15, 0.2) is 36.5 Å². The minimum absolute atomic E-state index is 0.0142. The summed E-state index contributed by atoms with van der Waals surface area (Å²) in [4.78, 5) is 14.4. The lowest BCUT2D eigenvalue weighted by Crippen LogP contribution is -2.43. The maximum atomic E-state index is 16.2. The number of ether oxygens (including phenoxy) is 2. The van der Waals surface area contributed by atoms with Crippen LogP contribution < -0.4 is 9.47 Å². The predicted octanol–water partition coefficient (Wildman–Crippen LogP) is 6.58. The van der Waals surface area contributed by atoms with Crippen molar-refractivity contribution >= 4 is 21.7 Å². The first kappa shape index (κ1) is 27.5. The Hall–Kier alpha value is -3.67. The van der Waals surface area contributed by atoms with E-state index in [1.54, 1.807) is 31.2 Å². The fourth-order valence-electron chi connectivity index (χ4n) is 6.14. The molecule has 4 aromatic rings. The Morgan fingerprint density at radius 1 is 1.10 bits per heavy atom. The van der Waals surface area contributed by atoms with Crippen LogP contribution in [0.4, 0.5) is 26.3 Å². The molecule has 2 fully saturated rings. The molecule has 2 aromatic heterocycles. The summed E-state index contributed by atoms with van der Waals surface area (Å²) in [5.41, 5.74) is -0.428. The summed E-state index contributed by atoms with van der Waals surface area (Å²) in [7, 11) is 0. The highest BCUT2D eigenvalue weighted by Crippen LogP contribution is 2.41. The number of aromatic nitrogens is 3. The van der Waals surface area contributed by atoms with Gasteiger partial charge in [0.2, 0.25) is 5.88 Å². The average molecular weight is 577 g/mol. The lowest BCUT2D eigenvalue weighted by atomic mass is 9.95. The van der Waals surface area contributed by atoms with Crippen molar-refractivity contribution < 1.29 is 35.8 Å². The zero-order valence-corrected chi connectivity index (χ0v) is 22.1. The maximum absolute atomic E-state index is 16.2. The highest BCUT2D eigenvalue weighted by atomic mass is 19.4. The van der Waals surface area contributed by atoms with Gasteiger partial charge in [-0.3, -0.25) is 9.88 Å². The van der Waals surface area contributed by atoms with Crippen LogP contribution in [0.1, 0.15) is 31.7 Å². The molecule has 2 atom stereocenters. The van der Waals surface area contributed by atoms with E-state index in [-0.39, 0.29) is 36.2 Å². The van der Waals surface area contributed by atoms with Gasteiger partial charge in [-0.1, -0.05) is 31.2 Å². The summed E-state index contributed by atoms with van der Waals surface area (Å²) >= 11 is 0. The fraction of sp³-hybridized carbons (Fsp3) is 0.414. The van der Waals surface area contributed by atoms with E-state index in [0.29, 0.717) is 41.3 Å². The average Bonchev–Trinajstić information content (AvgIpc) is 3.46. The number of aryl methyl sites for hydroxylation is 1. The van der Waals surface area contributed by atoms with E-state index in [4.69, 9.17) is 9.47 Å². The van der Waals surface area contributed by atoms with Crippen molar-refractivity contribution in [3.8, 4) is 23.1 Å². The van der Waals surface area contributed by atoms with Crippen LogP contribution in [-0.2, 0) is 6.42 Å². The standard InChI is InChI=1S/C29H26F6N4O2/c1-2-18-21(31)8-7-16-5-3-6-19(22(16)18)24-23(32)25-20(12-36-24)26(40-15-29(33,34)35)38-27(37-25)41-14-28-9-4-10-39(28)13-17(30)11-28/h3,5-8,12,17H,2,4,9-11,13-15H2,1H3/t17-,28+/m1/s1. The summed E-state index contributed by atoms with van der Waals surface area (Å²) in [6, 6.07) is 7.58. The maximum Gasteiger partial charge on any atom is 0.422 e. The molecular weight excluding hydrogens is 550 g/mol. The molecule has 41 heavy (non-hydrogen) atoms. The number of benzene rings is 2. The molecule has 6 nitrogen and oxygen atoms in total. The number of pyridine rings is 1. The summed E-state index contributed by atoms with van der Waals surface area (Å²) in [5.74, 6) is -1.94. The zero-order chi connectivity index (χ0) is 28.9. The number of hydrogen-bond donors (Lipinski definition) is 0. The van der Waals surface area contributed by atoms with Crippen LogP contribution in [-0.4, -0.2) is 64.0 Å². The molecule has 0 bridgehead atoms. The van der Waals surface area contributed by atoms with Gasteiger partial charge in [0.1, 0.15) is 29.8 Å². The molecule has 0 saturated carbocycles. The minimum Gasteiger partial charge on any atom is -0.467 e. The number of hydrogen-bond acceptors (Lipinski definition) is 6. The van der Waals surface area contributed by atoms with E-state index < -0.39 is 48.0 Å². The van der Waals surface area contributed by atoms with Crippen molar-refractivity contribution in [1.82, 2.24) is 19.9 Å². The molecule has 4 heterocycles. The second kappa shape index (κ2) is 10.3. The number of nitrogens with zero attached hydrogens (tertiary/aromatic N) is 4. The largest absolute Gasteiger partial charge is 0.467 e. The Kier molecular flexibility index (Phi) is 6.91. The van der Waals surface area contributed by atoms with Gasteiger partial charge >= 0.3 is 12.2 Å². The normalized spacial score (nSPS) is 21.1. The van der Waals surface area contributed by atoms with Gasteiger partial charge < -0.3 is 9.47 Å². The predicted molar refractivity (Wildman–Crippen MR) is 140 cm³/mol. The number of rotatable bonds is 7. The lowest BCUT2D eigenvalue weighted by molar-refractivity contribution is -0.153.